The van der Waals surface area contributed by atoms with E-state index in [-0.39, 0.29) is 92.5 Å². The molecule has 2 aliphatic rings. The van der Waals surface area contributed by atoms with Crippen molar-refractivity contribution in [3.05, 3.63) is 50.8 Å². The number of nitrogens with zero attached hydrogens (tertiary/aromatic N) is 3. The van der Waals surface area contributed by atoms with E-state index in [4.69, 9.17) is 10.6 Å². The third kappa shape index (κ3) is 8.11. The average molecular weight is 738 g/mol. The van der Waals surface area contributed by atoms with Gasteiger partial charge in [-0.25, -0.2) is 4.98 Å². The van der Waals surface area contributed by atoms with Crippen molar-refractivity contribution in [1.82, 2.24) is 15.2 Å². The fraction of sp³-hybridized carbons (Fsp3) is 0.269. The number of carboxylic acids is 2. The minimum atomic E-state index is -1.91. The van der Waals surface area contributed by atoms with Gasteiger partial charge in [0.15, 0.2) is 33.4 Å². The molecule has 0 spiro atoms. The van der Waals surface area contributed by atoms with E-state index in [2.05, 4.69) is 15.5 Å². The summed E-state index contributed by atoms with van der Waals surface area (Å²) in [6, 6.07) is 2.59. The van der Waals surface area contributed by atoms with Crippen LogP contribution in [0, 0.1) is 0 Å². The van der Waals surface area contributed by atoms with Crippen molar-refractivity contribution in [2.75, 3.05) is 17.2 Å². The molecule has 2 aromatic heterocycles. The summed E-state index contributed by atoms with van der Waals surface area (Å²) in [6.07, 6.45) is 0. The number of carbonyl (C=O) groups is 4. The Bertz CT molecular complexity index is 1900. The standard InChI is InChI=1S/C26H23N5O10S4.2Na/c1-26(2,24(39)40)41-30-17(11-8-44-25(27)28-11)20(35)29-18-21(36)31-19(23(37)38)9(7-43-22(18)31)6-42-16-5-12(32)10-3-13(33)14(34)4-15(10)45-16;;/h3-5,8,18,22,33-34H,6-7H2,1-2H3,(H2,27,28)(H,29,35)(H,37,38)(H,39,40);;/q;2*+1/p-2/b30-17-;;/t18-,22+;;/m1../s1. The number of oxime groups is 1. The van der Waals surface area contributed by atoms with Gasteiger partial charge in [-0.1, -0.05) is 5.16 Å². The molecule has 0 saturated carbocycles. The number of fused-ring (bicyclic) bond motifs is 2. The van der Waals surface area contributed by atoms with Crippen LogP contribution in [0.2, 0.25) is 0 Å². The Kier molecular flexibility index (Phi) is 12.9. The molecule has 0 bridgehead atoms. The molecule has 3 aromatic rings. The molecule has 0 unspecified atom stereocenters. The summed E-state index contributed by atoms with van der Waals surface area (Å²) in [4.78, 5) is 72.5. The summed E-state index contributed by atoms with van der Waals surface area (Å²) >= 11 is 4.48. The number of phenolic OH excluding ortho intramolecular Hbond substituents is 2. The van der Waals surface area contributed by atoms with Crippen LogP contribution in [0.4, 0.5) is 5.13 Å². The molecule has 1 saturated heterocycles. The number of amides is 2. The van der Waals surface area contributed by atoms with E-state index in [1.165, 1.54) is 35.3 Å². The molecule has 236 valence electrons. The summed E-state index contributed by atoms with van der Waals surface area (Å²) in [6.45, 7) is 2.31. The molecule has 4 heterocycles. The van der Waals surface area contributed by atoms with Gasteiger partial charge in [0.1, 0.15) is 17.1 Å². The second-order valence-electron chi connectivity index (χ2n) is 10.1. The number of nitrogens with two attached hydrogens (primary N) is 1. The van der Waals surface area contributed by atoms with E-state index in [1.54, 1.807) is 0 Å². The number of β-lactam (4-membered cyclic amide) rings is 1. The molecule has 47 heavy (non-hydrogen) atoms. The molecule has 5 rings (SSSR count). The number of phenols is 2. The number of aromatic nitrogens is 1. The van der Waals surface area contributed by atoms with E-state index in [1.807, 2.05) is 0 Å². The molecule has 5 N–H and O–H groups in total. The van der Waals surface area contributed by atoms with Crippen LogP contribution in [-0.2, 0) is 24.0 Å². The molecule has 2 amide bonds. The molecule has 1 fully saturated rings. The van der Waals surface area contributed by atoms with Crippen LogP contribution in [0.3, 0.4) is 0 Å². The van der Waals surface area contributed by atoms with E-state index in [0.29, 0.717) is 14.5 Å². The van der Waals surface area contributed by atoms with Crippen molar-refractivity contribution in [3.63, 3.8) is 0 Å². The van der Waals surface area contributed by atoms with Gasteiger partial charge in [0, 0.05) is 39.1 Å². The Morgan fingerprint density at radius 1 is 1.19 bits per heavy atom. The van der Waals surface area contributed by atoms with Crippen molar-refractivity contribution < 1.29 is 104 Å². The van der Waals surface area contributed by atoms with Crippen molar-refractivity contribution in [2.24, 2.45) is 5.16 Å². The number of benzene rings is 1. The number of thioether (sulfide) groups is 2. The first kappa shape index (κ1) is 39.1. The third-order valence-electron chi connectivity index (χ3n) is 6.55. The van der Waals surface area contributed by atoms with Crippen molar-refractivity contribution in [3.8, 4) is 11.5 Å². The molecular weight excluding hydrogens is 717 g/mol. The fourth-order valence-electron chi connectivity index (χ4n) is 4.18. The monoisotopic (exact) mass is 737 g/mol. The number of hydrogen-bond donors (Lipinski definition) is 4. The number of carboxylic acid groups (broad SMARTS) is 2. The van der Waals surface area contributed by atoms with Crippen LogP contribution in [-0.4, -0.2) is 78.1 Å². The molecule has 2 aliphatic heterocycles. The van der Waals surface area contributed by atoms with Crippen LogP contribution in [0.25, 0.3) is 10.1 Å². The zero-order chi connectivity index (χ0) is 32.8. The predicted octanol–water partition coefficient (Wildman–Crippen LogP) is -6.84. The summed E-state index contributed by atoms with van der Waals surface area (Å²) in [5.41, 5.74) is 2.85. The molecular formula is C26H21N5Na2O10S4. The number of hydrogen-bond acceptors (Lipinski definition) is 17. The largest absolute Gasteiger partial charge is 1.00 e. The summed E-state index contributed by atoms with van der Waals surface area (Å²) in [5.74, 6) is -5.46. The minimum absolute atomic E-state index is 0. The number of nitrogen functional groups attached to an aromatic ring is 1. The van der Waals surface area contributed by atoms with Gasteiger partial charge in [0.2, 0.25) is 0 Å². The molecule has 0 aliphatic carbocycles. The number of aromatic hydroxyl groups is 2. The SMILES string of the molecule is CC(C)(O/N=C(\C(=O)N[C@@H]1C(=O)N2C(C(=O)[O-])=C(CSc3cc(=O)c4cc(O)c(O)cc4s3)CS[C@@H]12)c1csc(N)n1)C(=O)[O-].[Na+].[Na+]. The van der Waals surface area contributed by atoms with Gasteiger partial charge in [-0.05, 0) is 25.5 Å². The number of nitrogens with one attached hydrogen (secondary N) is 1. The van der Waals surface area contributed by atoms with Crippen LogP contribution >= 0.6 is 46.2 Å². The van der Waals surface area contributed by atoms with E-state index in [9.17, 15) is 44.4 Å². The summed E-state index contributed by atoms with van der Waals surface area (Å²) in [5, 5.41) is 50.1. The Morgan fingerprint density at radius 2 is 1.87 bits per heavy atom. The Morgan fingerprint density at radius 3 is 2.49 bits per heavy atom. The Labute approximate surface area is 326 Å². The van der Waals surface area contributed by atoms with Gasteiger partial charge >= 0.3 is 59.1 Å². The number of rotatable bonds is 10. The smallest absolute Gasteiger partial charge is 0.546 e. The van der Waals surface area contributed by atoms with Crippen molar-refractivity contribution in [2.45, 2.75) is 35.1 Å². The molecule has 0 radical (unpaired) electrons. The maximum Gasteiger partial charge on any atom is 1.00 e. The topological polar surface area (TPSA) is 248 Å². The summed E-state index contributed by atoms with van der Waals surface area (Å²) in [7, 11) is 0. The predicted molar refractivity (Wildman–Crippen MR) is 162 cm³/mol. The molecule has 21 heteroatoms. The second-order valence-corrected chi connectivity index (χ2v) is 14.4. The molecule has 2 atom stereocenters. The van der Waals surface area contributed by atoms with E-state index >= 15 is 0 Å². The van der Waals surface area contributed by atoms with Gasteiger partial charge in [-0.2, -0.15) is 0 Å². The van der Waals surface area contributed by atoms with E-state index < -0.39 is 63.4 Å². The third-order valence-corrected chi connectivity index (χ3v) is 10.9. The number of aliphatic carboxylic acids is 2. The van der Waals surface area contributed by atoms with Gasteiger partial charge in [0.05, 0.1) is 21.8 Å². The quantitative estimate of drug-likeness (QED) is 0.0377. The van der Waals surface area contributed by atoms with Gasteiger partial charge < -0.3 is 45.9 Å². The molecule has 15 nitrogen and oxygen atoms in total. The van der Waals surface area contributed by atoms with Crippen LogP contribution < -0.4 is 85.8 Å². The second kappa shape index (κ2) is 15.5. The van der Waals surface area contributed by atoms with E-state index in [0.717, 1.165) is 53.2 Å². The first-order valence-corrected chi connectivity index (χ1v) is 16.4. The van der Waals surface area contributed by atoms with Crippen molar-refractivity contribution in [1.29, 1.82) is 0 Å². The van der Waals surface area contributed by atoms with Gasteiger partial charge in [-0.15, -0.1) is 46.2 Å². The fourth-order valence-corrected chi connectivity index (χ4v) is 8.45. The van der Waals surface area contributed by atoms with Crippen LogP contribution in [0.15, 0.2) is 49.0 Å². The number of anilines is 1. The zero-order valence-corrected chi connectivity index (χ0v) is 32.4. The maximum atomic E-state index is 13.2. The van der Waals surface area contributed by atoms with Crippen molar-refractivity contribution >= 4 is 90.9 Å². The first-order chi connectivity index (χ1) is 21.2. The normalized spacial score (nSPS) is 17.6. The number of carbonyl (C=O) groups excluding carboxylic acids is 4. The van der Waals surface area contributed by atoms with Crippen LogP contribution in [0.5, 0.6) is 11.5 Å². The maximum absolute atomic E-state index is 13.2. The molecule has 1 aromatic carbocycles. The Balaban J connectivity index is 0.00000300. The number of thiazole rings is 1. The minimum Gasteiger partial charge on any atom is -0.546 e. The average Bonchev–Trinajstić information content (AvgIpc) is 3.40. The first-order valence-electron chi connectivity index (χ1n) is 12.7. The Hall–Kier alpha value is -2.33. The zero-order valence-electron chi connectivity index (χ0n) is 25.1. The van der Waals surface area contributed by atoms with Gasteiger partial charge in [0.25, 0.3) is 11.8 Å². The van der Waals surface area contributed by atoms with Gasteiger partial charge in [-0.3, -0.25) is 19.3 Å². The summed E-state index contributed by atoms with van der Waals surface area (Å²) < 4.78 is 0.925. The van der Waals surface area contributed by atoms with Crippen LogP contribution in [0.1, 0.15) is 19.5 Å².